The van der Waals surface area contributed by atoms with Crippen molar-refractivity contribution in [2.24, 2.45) is 5.92 Å². The number of likely N-dealkylation sites (N-methyl/N-ethyl adjacent to an activating group) is 1. The molecule has 0 aromatic carbocycles. The van der Waals surface area contributed by atoms with Gasteiger partial charge in [0.2, 0.25) is 11.8 Å². The van der Waals surface area contributed by atoms with Crippen LogP contribution in [0.4, 0.5) is 0 Å². The second kappa shape index (κ2) is 8.11. The fourth-order valence-electron chi connectivity index (χ4n) is 3.67. The SMILES string of the molecule is CN[C@@H](C)C(=O)N[C@H](C(=O)N1CC[C@H](O)[C@H]1C)C1CCCCC1. The van der Waals surface area contributed by atoms with Crippen LogP contribution in [0.25, 0.3) is 0 Å². The van der Waals surface area contributed by atoms with E-state index in [1.165, 1.54) is 6.42 Å². The predicted octanol–water partition coefficient (Wildman–Crippen LogP) is 0.641. The van der Waals surface area contributed by atoms with Gasteiger partial charge in [-0.25, -0.2) is 0 Å². The van der Waals surface area contributed by atoms with Crippen LogP contribution in [0.1, 0.15) is 52.4 Å². The summed E-state index contributed by atoms with van der Waals surface area (Å²) in [4.78, 5) is 27.1. The average Bonchev–Trinajstić information content (AvgIpc) is 2.91. The molecule has 6 nitrogen and oxygen atoms in total. The van der Waals surface area contributed by atoms with Crippen molar-refractivity contribution in [1.29, 1.82) is 0 Å². The summed E-state index contributed by atoms with van der Waals surface area (Å²) in [6.07, 6.45) is 5.55. The summed E-state index contributed by atoms with van der Waals surface area (Å²) in [5, 5.41) is 15.8. The number of carbonyl (C=O) groups is 2. The summed E-state index contributed by atoms with van der Waals surface area (Å²) < 4.78 is 0. The smallest absolute Gasteiger partial charge is 0.245 e. The molecule has 2 fully saturated rings. The molecule has 132 valence electrons. The van der Waals surface area contributed by atoms with Crippen LogP contribution in [0.2, 0.25) is 0 Å². The highest BCUT2D eigenvalue weighted by Gasteiger charge is 2.39. The second-order valence-corrected chi connectivity index (χ2v) is 7.02. The highest BCUT2D eigenvalue weighted by atomic mass is 16.3. The Hall–Kier alpha value is -1.14. The Morgan fingerprint density at radius 1 is 1.17 bits per heavy atom. The normalized spacial score (nSPS) is 28.4. The van der Waals surface area contributed by atoms with Crippen molar-refractivity contribution in [2.75, 3.05) is 13.6 Å². The maximum atomic E-state index is 13.0. The zero-order chi connectivity index (χ0) is 17.0. The lowest BCUT2D eigenvalue weighted by molar-refractivity contribution is -0.139. The van der Waals surface area contributed by atoms with Gasteiger partial charge in [0.05, 0.1) is 18.2 Å². The second-order valence-electron chi connectivity index (χ2n) is 7.02. The first kappa shape index (κ1) is 18.2. The van der Waals surface area contributed by atoms with Gasteiger partial charge in [-0.1, -0.05) is 19.3 Å². The lowest BCUT2D eigenvalue weighted by Gasteiger charge is -2.35. The Kier molecular flexibility index (Phi) is 6.41. The van der Waals surface area contributed by atoms with Crippen LogP contribution in [-0.2, 0) is 9.59 Å². The lowest BCUT2D eigenvalue weighted by Crippen LogP contribution is -2.56. The quantitative estimate of drug-likeness (QED) is 0.693. The van der Waals surface area contributed by atoms with Crippen molar-refractivity contribution < 1.29 is 14.7 Å². The largest absolute Gasteiger partial charge is 0.391 e. The topological polar surface area (TPSA) is 81.7 Å². The van der Waals surface area contributed by atoms with Gasteiger partial charge in [0.1, 0.15) is 6.04 Å². The molecule has 1 heterocycles. The van der Waals surface area contributed by atoms with Crippen molar-refractivity contribution in [3.05, 3.63) is 0 Å². The molecule has 1 aliphatic heterocycles. The van der Waals surface area contributed by atoms with E-state index < -0.39 is 12.1 Å². The molecule has 0 bridgehead atoms. The van der Waals surface area contributed by atoms with E-state index in [4.69, 9.17) is 0 Å². The monoisotopic (exact) mass is 325 g/mol. The first-order valence-corrected chi connectivity index (χ1v) is 8.92. The van der Waals surface area contributed by atoms with Crippen LogP contribution in [0.5, 0.6) is 0 Å². The van der Waals surface area contributed by atoms with E-state index in [-0.39, 0.29) is 29.8 Å². The Balaban J connectivity index is 2.11. The van der Waals surface area contributed by atoms with Gasteiger partial charge in [-0.3, -0.25) is 9.59 Å². The molecule has 0 unspecified atom stereocenters. The van der Waals surface area contributed by atoms with Gasteiger partial charge in [-0.2, -0.15) is 0 Å². The van der Waals surface area contributed by atoms with Gasteiger partial charge >= 0.3 is 0 Å². The highest BCUT2D eigenvalue weighted by Crippen LogP contribution is 2.29. The van der Waals surface area contributed by atoms with Crippen molar-refractivity contribution in [3.63, 3.8) is 0 Å². The standard InChI is InChI=1S/C17H31N3O3/c1-11(18-3)16(22)19-15(13-7-5-4-6-8-13)17(23)20-10-9-14(21)12(20)2/h11-15,18,21H,4-10H2,1-3H3,(H,19,22)/t11-,12+,14-,15-/m0/s1. The van der Waals surface area contributed by atoms with Crippen molar-refractivity contribution in [2.45, 2.75) is 76.6 Å². The van der Waals surface area contributed by atoms with Crippen LogP contribution < -0.4 is 10.6 Å². The van der Waals surface area contributed by atoms with Crippen LogP contribution in [0.15, 0.2) is 0 Å². The van der Waals surface area contributed by atoms with Crippen molar-refractivity contribution in [3.8, 4) is 0 Å². The number of nitrogens with one attached hydrogen (secondary N) is 2. The molecule has 6 heteroatoms. The van der Waals surface area contributed by atoms with Gasteiger partial charge < -0.3 is 20.6 Å². The van der Waals surface area contributed by atoms with Crippen LogP contribution in [0.3, 0.4) is 0 Å². The maximum Gasteiger partial charge on any atom is 0.245 e. The van der Waals surface area contributed by atoms with Gasteiger partial charge in [0.25, 0.3) is 0 Å². The summed E-state index contributed by atoms with van der Waals surface area (Å²) in [7, 11) is 1.74. The number of aliphatic hydroxyl groups excluding tert-OH is 1. The Labute approximate surface area is 139 Å². The minimum absolute atomic E-state index is 0.0300. The first-order valence-electron chi connectivity index (χ1n) is 8.92. The van der Waals surface area contributed by atoms with Gasteiger partial charge in [0.15, 0.2) is 0 Å². The van der Waals surface area contributed by atoms with E-state index in [2.05, 4.69) is 10.6 Å². The van der Waals surface area contributed by atoms with E-state index in [9.17, 15) is 14.7 Å². The Morgan fingerprint density at radius 2 is 1.83 bits per heavy atom. The van der Waals surface area contributed by atoms with E-state index in [0.717, 1.165) is 25.7 Å². The minimum Gasteiger partial charge on any atom is -0.391 e. The number of nitrogens with zero attached hydrogens (tertiary/aromatic N) is 1. The van der Waals surface area contributed by atoms with Gasteiger partial charge in [-0.05, 0) is 46.1 Å². The Morgan fingerprint density at radius 3 is 2.35 bits per heavy atom. The molecule has 4 atom stereocenters. The fourth-order valence-corrected chi connectivity index (χ4v) is 3.67. The molecule has 2 amide bonds. The van der Waals surface area contributed by atoms with E-state index in [1.54, 1.807) is 18.9 Å². The van der Waals surface area contributed by atoms with E-state index >= 15 is 0 Å². The first-order chi connectivity index (χ1) is 11.0. The molecular formula is C17H31N3O3. The van der Waals surface area contributed by atoms with Gasteiger partial charge in [-0.15, -0.1) is 0 Å². The van der Waals surface area contributed by atoms with Crippen molar-refractivity contribution >= 4 is 11.8 Å². The zero-order valence-electron chi connectivity index (χ0n) is 14.5. The Bertz CT molecular complexity index is 423. The summed E-state index contributed by atoms with van der Waals surface area (Å²) in [6.45, 7) is 4.24. The number of hydrogen-bond acceptors (Lipinski definition) is 4. The minimum atomic E-state index is -0.466. The number of hydrogen-bond donors (Lipinski definition) is 3. The third-order valence-corrected chi connectivity index (χ3v) is 5.51. The molecular weight excluding hydrogens is 294 g/mol. The van der Waals surface area contributed by atoms with E-state index in [0.29, 0.717) is 13.0 Å². The summed E-state index contributed by atoms with van der Waals surface area (Å²) in [5.74, 6) is 0.0376. The van der Waals surface area contributed by atoms with E-state index in [1.807, 2.05) is 6.92 Å². The predicted molar refractivity (Wildman–Crippen MR) is 88.8 cm³/mol. The molecule has 2 aliphatic rings. The van der Waals surface area contributed by atoms with Crippen LogP contribution >= 0.6 is 0 Å². The molecule has 3 N–H and O–H groups in total. The number of amides is 2. The number of carbonyl (C=O) groups excluding carboxylic acids is 2. The molecule has 23 heavy (non-hydrogen) atoms. The molecule has 1 aliphatic carbocycles. The number of likely N-dealkylation sites (tertiary alicyclic amines) is 1. The van der Waals surface area contributed by atoms with Crippen LogP contribution in [-0.4, -0.2) is 59.6 Å². The number of aliphatic hydroxyl groups is 1. The molecule has 2 rings (SSSR count). The summed E-state index contributed by atoms with van der Waals surface area (Å²) in [5.41, 5.74) is 0. The molecule has 0 radical (unpaired) electrons. The summed E-state index contributed by atoms with van der Waals surface area (Å²) in [6, 6.07) is -0.964. The fraction of sp³-hybridized carbons (Fsp3) is 0.882. The summed E-state index contributed by atoms with van der Waals surface area (Å²) >= 11 is 0. The zero-order valence-corrected chi connectivity index (χ0v) is 14.5. The van der Waals surface area contributed by atoms with Crippen LogP contribution in [0, 0.1) is 5.92 Å². The molecule has 0 aromatic rings. The molecule has 1 saturated carbocycles. The lowest BCUT2D eigenvalue weighted by atomic mass is 9.83. The van der Waals surface area contributed by atoms with Gasteiger partial charge in [0, 0.05) is 6.54 Å². The molecule has 1 saturated heterocycles. The average molecular weight is 325 g/mol. The third kappa shape index (κ3) is 4.23. The highest BCUT2D eigenvalue weighted by molar-refractivity contribution is 5.90. The molecule has 0 aromatic heterocycles. The third-order valence-electron chi connectivity index (χ3n) is 5.51. The number of rotatable bonds is 5. The maximum absolute atomic E-state index is 13.0. The van der Waals surface area contributed by atoms with Crippen molar-refractivity contribution in [1.82, 2.24) is 15.5 Å². The molecule has 0 spiro atoms.